The van der Waals surface area contributed by atoms with E-state index in [2.05, 4.69) is 22.8 Å². The molecule has 0 atom stereocenters. The zero-order chi connectivity index (χ0) is 18.1. The Kier molecular flexibility index (Phi) is 9.69. The van der Waals surface area contributed by atoms with Crippen molar-refractivity contribution >= 4 is 30.1 Å². The number of carbonyl (C=O) groups is 3. The third-order valence-corrected chi connectivity index (χ3v) is 4.40. The van der Waals surface area contributed by atoms with Crippen molar-refractivity contribution in [1.82, 2.24) is 15.5 Å². The van der Waals surface area contributed by atoms with Gasteiger partial charge in [0, 0.05) is 13.1 Å². The monoisotopic (exact) mass is 382 g/mol. The van der Waals surface area contributed by atoms with Crippen LogP contribution >= 0.6 is 12.4 Å². The van der Waals surface area contributed by atoms with Crippen molar-refractivity contribution in [1.29, 1.82) is 0 Å². The molecule has 144 valence electrons. The van der Waals surface area contributed by atoms with Gasteiger partial charge < -0.3 is 21.3 Å². The summed E-state index contributed by atoms with van der Waals surface area (Å²) >= 11 is 0. The Bertz CT molecular complexity index is 589. The van der Waals surface area contributed by atoms with E-state index in [9.17, 15) is 14.4 Å². The van der Waals surface area contributed by atoms with E-state index in [1.807, 2.05) is 18.2 Å². The van der Waals surface area contributed by atoms with E-state index >= 15 is 0 Å². The van der Waals surface area contributed by atoms with Crippen LogP contribution in [0.3, 0.4) is 0 Å². The van der Waals surface area contributed by atoms with Gasteiger partial charge in [0.1, 0.15) is 0 Å². The molecule has 1 fully saturated rings. The number of carbonyl (C=O) groups excluding carboxylic acids is 3. The molecule has 0 aliphatic carbocycles. The van der Waals surface area contributed by atoms with E-state index < -0.39 is 11.8 Å². The van der Waals surface area contributed by atoms with Gasteiger partial charge in [-0.25, -0.2) is 0 Å². The number of hydrogen-bond acceptors (Lipinski definition) is 4. The lowest BCUT2D eigenvalue weighted by atomic mass is 9.90. The highest BCUT2D eigenvalue weighted by atomic mass is 35.5. The number of hydrogen-bond donors (Lipinski definition) is 3. The molecule has 0 bridgehead atoms. The third kappa shape index (κ3) is 7.41. The SMILES string of the molecule is Cl.NCC(=O)NCC(=O)NCC(=O)N1CCC(Cc2ccccc2)CC1. The molecule has 1 aromatic carbocycles. The van der Waals surface area contributed by atoms with E-state index in [-0.39, 0.29) is 37.9 Å². The molecule has 1 saturated heterocycles. The van der Waals surface area contributed by atoms with Crippen LogP contribution in [0.25, 0.3) is 0 Å². The third-order valence-electron chi connectivity index (χ3n) is 4.40. The maximum Gasteiger partial charge on any atom is 0.241 e. The largest absolute Gasteiger partial charge is 0.346 e. The number of nitrogens with zero attached hydrogens (tertiary/aromatic N) is 1. The average molecular weight is 383 g/mol. The summed E-state index contributed by atoms with van der Waals surface area (Å²) in [6.07, 6.45) is 2.99. The highest BCUT2D eigenvalue weighted by Crippen LogP contribution is 2.21. The first-order chi connectivity index (χ1) is 12.1. The standard InChI is InChI=1S/C18H26N4O3.ClH/c19-11-16(23)20-12-17(24)21-13-18(25)22-8-6-15(7-9-22)10-14-4-2-1-3-5-14;/h1-5,15H,6-13,19H2,(H,20,23)(H,21,24);1H. The highest BCUT2D eigenvalue weighted by Gasteiger charge is 2.23. The molecular weight excluding hydrogens is 356 g/mol. The van der Waals surface area contributed by atoms with Crippen LogP contribution in [0.5, 0.6) is 0 Å². The van der Waals surface area contributed by atoms with Crippen LogP contribution in [0.4, 0.5) is 0 Å². The Balaban J connectivity index is 0.00000338. The number of rotatable bonds is 7. The summed E-state index contributed by atoms with van der Waals surface area (Å²) in [7, 11) is 0. The molecule has 1 heterocycles. The first kappa shape index (κ1) is 21.9. The molecule has 1 aromatic rings. The summed E-state index contributed by atoms with van der Waals surface area (Å²) in [5.41, 5.74) is 6.47. The quantitative estimate of drug-likeness (QED) is 0.621. The average Bonchev–Trinajstić information content (AvgIpc) is 2.65. The van der Waals surface area contributed by atoms with Gasteiger partial charge in [0.2, 0.25) is 17.7 Å². The molecule has 0 unspecified atom stereocenters. The first-order valence-corrected chi connectivity index (χ1v) is 8.63. The molecule has 1 aliphatic rings. The van der Waals surface area contributed by atoms with Crippen molar-refractivity contribution in [3.8, 4) is 0 Å². The predicted octanol–water partition coefficient (Wildman–Crippen LogP) is 0.0806. The molecule has 2 rings (SSSR count). The molecular formula is C18H27ClN4O3. The Morgan fingerprint density at radius 1 is 1.00 bits per heavy atom. The van der Waals surface area contributed by atoms with Gasteiger partial charge in [0.05, 0.1) is 19.6 Å². The van der Waals surface area contributed by atoms with Gasteiger partial charge in [-0.15, -0.1) is 12.4 Å². The van der Waals surface area contributed by atoms with Crippen molar-refractivity contribution in [2.24, 2.45) is 11.7 Å². The maximum absolute atomic E-state index is 12.2. The second kappa shape index (κ2) is 11.5. The normalized spacial score (nSPS) is 14.3. The van der Waals surface area contributed by atoms with E-state index in [1.165, 1.54) is 5.56 Å². The molecule has 8 heteroatoms. The summed E-state index contributed by atoms with van der Waals surface area (Å²) in [4.78, 5) is 36.5. The first-order valence-electron chi connectivity index (χ1n) is 8.63. The second-order valence-electron chi connectivity index (χ2n) is 6.27. The molecule has 3 amide bonds. The fraction of sp³-hybridized carbons (Fsp3) is 0.500. The van der Waals surface area contributed by atoms with Gasteiger partial charge in [0.25, 0.3) is 0 Å². The van der Waals surface area contributed by atoms with Gasteiger partial charge in [-0.05, 0) is 30.7 Å². The lowest BCUT2D eigenvalue weighted by Gasteiger charge is -2.32. The van der Waals surface area contributed by atoms with Crippen molar-refractivity contribution in [3.63, 3.8) is 0 Å². The number of benzene rings is 1. The van der Waals surface area contributed by atoms with Crippen LogP contribution < -0.4 is 16.4 Å². The van der Waals surface area contributed by atoms with Crippen molar-refractivity contribution in [3.05, 3.63) is 35.9 Å². The number of halogens is 1. The minimum Gasteiger partial charge on any atom is -0.346 e. The predicted molar refractivity (Wildman–Crippen MR) is 102 cm³/mol. The van der Waals surface area contributed by atoms with Crippen molar-refractivity contribution in [2.45, 2.75) is 19.3 Å². The van der Waals surface area contributed by atoms with Gasteiger partial charge in [-0.2, -0.15) is 0 Å². The lowest BCUT2D eigenvalue weighted by molar-refractivity contribution is -0.134. The Morgan fingerprint density at radius 2 is 1.62 bits per heavy atom. The highest BCUT2D eigenvalue weighted by molar-refractivity contribution is 5.88. The minimum absolute atomic E-state index is 0. The Labute approximate surface area is 160 Å². The fourth-order valence-electron chi connectivity index (χ4n) is 2.93. The minimum atomic E-state index is -0.401. The number of nitrogens with one attached hydrogen (secondary N) is 2. The van der Waals surface area contributed by atoms with Gasteiger partial charge in [-0.3, -0.25) is 14.4 Å². The van der Waals surface area contributed by atoms with E-state index in [4.69, 9.17) is 5.73 Å². The van der Waals surface area contributed by atoms with Crippen LogP contribution in [0.2, 0.25) is 0 Å². The Hall–Kier alpha value is -2.12. The summed E-state index contributed by atoms with van der Waals surface area (Å²) in [6.45, 7) is 1.07. The lowest BCUT2D eigenvalue weighted by Crippen LogP contribution is -2.46. The number of amides is 3. The zero-order valence-corrected chi connectivity index (χ0v) is 15.6. The summed E-state index contributed by atoms with van der Waals surface area (Å²) < 4.78 is 0. The maximum atomic E-state index is 12.2. The van der Waals surface area contributed by atoms with Crippen LogP contribution in [-0.4, -0.2) is 55.3 Å². The van der Waals surface area contributed by atoms with Gasteiger partial charge >= 0.3 is 0 Å². The van der Waals surface area contributed by atoms with Crippen LogP contribution in [-0.2, 0) is 20.8 Å². The number of piperidine rings is 1. The molecule has 0 spiro atoms. The summed E-state index contributed by atoms with van der Waals surface area (Å²) in [5.74, 6) is -0.291. The number of likely N-dealkylation sites (tertiary alicyclic amines) is 1. The zero-order valence-electron chi connectivity index (χ0n) is 14.8. The molecule has 7 nitrogen and oxygen atoms in total. The van der Waals surface area contributed by atoms with E-state index in [0.717, 1.165) is 32.4 Å². The fourth-order valence-corrected chi connectivity index (χ4v) is 2.93. The van der Waals surface area contributed by atoms with E-state index in [0.29, 0.717) is 5.92 Å². The second-order valence-corrected chi connectivity index (χ2v) is 6.27. The smallest absolute Gasteiger partial charge is 0.241 e. The van der Waals surface area contributed by atoms with E-state index in [1.54, 1.807) is 4.90 Å². The topological polar surface area (TPSA) is 105 Å². The molecule has 0 saturated carbocycles. The molecule has 1 aliphatic heterocycles. The number of nitrogens with two attached hydrogens (primary N) is 1. The Morgan fingerprint density at radius 3 is 2.23 bits per heavy atom. The van der Waals surface area contributed by atoms with Crippen molar-refractivity contribution in [2.75, 3.05) is 32.7 Å². The van der Waals surface area contributed by atoms with Crippen LogP contribution in [0.1, 0.15) is 18.4 Å². The van der Waals surface area contributed by atoms with Crippen LogP contribution in [0.15, 0.2) is 30.3 Å². The summed E-state index contributed by atoms with van der Waals surface area (Å²) in [5, 5.41) is 4.89. The molecule has 4 N–H and O–H groups in total. The van der Waals surface area contributed by atoms with Crippen LogP contribution in [0, 0.1) is 5.92 Å². The van der Waals surface area contributed by atoms with Crippen molar-refractivity contribution < 1.29 is 14.4 Å². The molecule has 26 heavy (non-hydrogen) atoms. The summed E-state index contributed by atoms with van der Waals surface area (Å²) in [6, 6.07) is 10.4. The van der Waals surface area contributed by atoms with Gasteiger partial charge in [0.15, 0.2) is 0 Å². The molecule has 0 aromatic heterocycles. The van der Waals surface area contributed by atoms with Gasteiger partial charge in [-0.1, -0.05) is 30.3 Å². The molecule has 0 radical (unpaired) electrons.